The molecule has 0 radical (unpaired) electrons. The lowest BCUT2D eigenvalue weighted by Gasteiger charge is -2.37. The number of nitrogens with zero attached hydrogens (tertiary/aromatic N) is 1. The number of hydrogen-bond acceptors (Lipinski definition) is 2. The second-order valence-corrected chi connectivity index (χ2v) is 7.13. The summed E-state index contributed by atoms with van der Waals surface area (Å²) in [4.78, 5) is 13.9. The first-order chi connectivity index (χ1) is 8.35. The predicted octanol–water partition coefficient (Wildman–Crippen LogP) is 3.68. The predicted molar refractivity (Wildman–Crippen MR) is 72.4 cm³/mol. The number of carbonyl (C=O) groups is 1. The number of rotatable bonds is 2. The van der Waals surface area contributed by atoms with Crippen molar-refractivity contribution in [2.24, 2.45) is 17.8 Å². The molecular weight excluding hydrogens is 226 g/mol. The van der Waals surface area contributed by atoms with Crippen LogP contribution in [0.3, 0.4) is 0 Å². The second-order valence-electron chi connectivity index (χ2n) is 7.13. The van der Waals surface area contributed by atoms with Crippen LogP contribution >= 0.6 is 0 Å². The van der Waals surface area contributed by atoms with Crippen molar-refractivity contribution < 1.29 is 9.53 Å². The minimum atomic E-state index is -0.384. The summed E-state index contributed by atoms with van der Waals surface area (Å²) in [5.74, 6) is 2.42. The van der Waals surface area contributed by atoms with Gasteiger partial charge in [0.2, 0.25) is 0 Å². The van der Waals surface area contributed by atoms with E-state index in [1.54, 1.807) is 0 Å². The van der Waals surface area contributed by atoms with Gasteiger partial charge in [0.05, 0.1) is 0 Å². The minimum Gasteiger partial charge on any atom is -0.444 e. The van der Waals surface area contributed by atoms with E-state index in [2.05, 4.69) is 6.92 Å². The first-order valence-corrected chi connectivity index (χ1v) is 7.33. The molecule has 2 atom stereocenters. The van der Waals surface area contributed by atoms with Crippen LogP contribution in [0.5, 0.6) is 0 Å². The van der Waals surface area contributed by atoms with Gasteiger partial charge >= 0.3 is 6.09 Å². The van der Waals surface area contributed by atoms with Crippen LogP contribution in [0.4, 0.5) is 4.79 Å². The molecule has 3 nitrogen and oxygen atoms in total. The molecule has 1 saturated heterocycles. The summed E-state index contributed by atoms with van der Waals surface area (Å²) >= 11 is 0. The van der Waals surface area contributed by atoms with Gasteiger partial charge in [0.1, 0.15) is 5.60 Å². The molecule has 104 valence electrons. The van der Waals surface area contributed by atoms with E-state index in [1.807, 2.05) is 25.7 Å². The van der Waals surface area contributed by atoms with Crippen molar-refractivity contribution in [1.82, 2.24) is 4.90 Å². The van der Waals surface area contributed by atoms with Gasteiger partial charge in [-0.15, -0.1) is 0 Å². The fraction of sp³-hybridized carbons (Fsp3) is 0.933. The van der Waals surface area contributed by atoms with E-state index in [1.165, 1.54) is 19.3 Å². The molecule has 1 heterocycles. The molecule has 1 saturated carbocycles. The van der Waals surface area contributed by atoms with E-state index in [0.717, 1.165) is 31.3 Å². The third kappa shape index (κ3) is 3.89. The Balaban J connectivity index is 1.81. The zero-order valence-electron chi connectivity index (χ0n) is 12.2. The number of likely N-dealkylation sites (tertiary alicyclic amines) is 1. The van der Waals surface area contributed by atoms with Crippen LogP contribution < -0.4 is 0 Å². The zero-order valence-corrected chi connectivity index (χ0v) is 12.2. The number of carbonyl (C=O) groups excluding carboxylic acids is 1. The van der Waals surface area contributed by atoms with Crippen LogP contribution in [0.2, 0.25) is 0 Å². The van der Waals surface area contributed by atoms with E-state index in [9.17, 15) is 4.79 Å². The molecule has 3 heteroatoms. The summed E-state index contributed by atoms with van der Waals surface area (Å²) in [5, 5.41) is 0. The van der Waals surface area contributed by atoms with Gasteiger partial charge in [0.15, 0.2) is 0 Å². The third-order valence-corrected chi connectivity index (χ3v) is 4.07. The number of hydrogen-bond donors (Lipinski definition) is 0. The quantitative estimate of drug-likeness (QED) is 0.751. The monoisotopic (exact) mass is 253 g/mol. The lowest BCUT2D eigenvalue weighted by molar-refractivity contribution is 0.0108. The highest BCUT2D eigenvalue weighted by molar-refractivity contribution is 5.68. The van der Waals surface area contributed by atoms with E-state index < -0.39 is 0 Å². The van der Waals surface area contributed by atoms with Gasteiger partial charge in [-0.05, 0) is 51.4 Å². The first kappa shape index (κ1) is 13.7. The smallest absolute Gasteiger partial charge is 0.410 e. The minimum absolute atomic E-state index is 0.140. The molecule has 0 aromatic rings. The van der Waals surface area contributed by atoms with Gasteiger partial charge in [0.25, 0.3) is 0 Å². The number of ether oxygens (including phenoxy) is 1. The van der Waals surface area contributed by atoms with Crippen molar-refractivity contribution in [1.29, 1.82) is 0 Å². The molecule has 1 aliphatic carbocycles. The molecule has 2 aliphatic rings. The topological polar surface area (TPSA) is 29.5 Å². The standard InChI is InChI=1S/C15H27NO2/c1-11-10-16(14(17)18-15(2,3)4)8-7-13(11)9-12-5-6-12/h11-13H,5-10H2,1-4H3. The SMILES string of the molecule is CC1CN(C(=O)OC(C)(C)C)CCC1CC1CC1. The Morgan fingerprint density at radius 3 is 2.44 bits per heavy atom. The highest BCUT2D eigenvalue weighted by Gasteiger charge is 2.34. The molecule has 0 spiro atoms. The van der Waals surface area contributed by atoms with Gasteiger partial charge in [-0.3, -0.25) is 0 Å². The Bertz CT molecular complexity index is 304. The van der Waals surface area contributed by atoms with Gasteiger partial charge in [-0.25, -0.2) is 4.79 Å². The third-order valence-electron chi connectivity index (χ3n) is 4.07. The largest absolute Gasteiger partial charge is 0.444 e. The molecule has 2 unspecified atom stereocenters. The van der Waals surface area contributed by atoms with Gasteiger partial charge < -0.3 is 9.64 Å². The lowest BCUT2D eigenvalue weighted by atomic mass is 9.83. The van der Waals surface area contributed by atoms with Crippen LogP contribution in [0.25, 0.3) is 0 Å². The molecule has 0 aromatic heterocycles. The Kier molecular flexibility index (Phi) is 3.88. The molecule has 2 rings (SSSR count). The highest BCUT2D eigenvalue weighted by atomic mass is 16.6. The van der Waals surface area contributed by atoms with E-state index >= 15 is 0 Å². The van der Waals surface area contributed by atoms with Crippen LogP contribution in [0.1, 0.15) is 53.4 Å². The van der Waals surface area contributed by atoms with Crippen molar-refractivity contribution in [3.05, 3.63) is 0 Å². The summed E-state index contributed by atoms with van der Waals surface area (Å²) in [6.07, 6.45) is 5.25. The number of piperidine rings is 1. The van der Waals surface area contributed by atoms with Crippen LogP contribution in [-0.2, 0) is 4.74 Å². The summed E-state index contributed by atoms with van der Waals surface area (Å²) in [7, 11) is 0. The van der Waals surface area contributed by atoms with Crippen molar-refractivity contribution in [2.75, 3.05) is 13.1 Å². The van der Waals surface area contributed by atoms with Crippen molar-refractivity contribution in [2.45, 2.75) is 59.0 Å². The number of amides is 1. The van der Waals surface area contributed by atoms with Gasteiger partial charge in [0, 0.05) is 13.1 Å². The second kappa shape index (κ2) is 5.10. The molecule has 18 heavy (non-hydrogen) atoms. The maximum absolute atomic E-state index is 12.0. The van der Waals surface area contributed by atoms with Crippen molar-refractivity contribution in [3.63, 3.8) is 0 Å². The molecule has 1 aliphatic heterocycles. The Hall–Kier alpha value is -0.730. The van der Waals surface area contributed by atoms with Crippen molar-refractivity contribution >= 4 is 6.09 Å². The van der Waals surface area contributed by atoms with E-state index in [-0.39, 0.29) is 11.7 Å². The van der Waals surface area contributed by atoms with Crippen LogP contribution in [-0.4, -0.2) is 29.7 Å². The molecule has 2 fully saturated rings. The fourth-order valence-electron chi connectivity index (χ4n) is 2.82. The first-order valence-electron chi connectivity index (χ1n) is 7.33. The van der Waals surface area contributed by atoms with Gasteiger partial charge in [-0.1, -0.05) is 19.8 Å². The summed E-state index contributed by atoms with van der Waals surface area (Å²) in [6, 6.07) is 0. The Morgan fingerprint density at radius 1 is 1.28 bits per heavy atom. The van der Waals surface area contributed by atoms with E-state index in [4.69, 9.17) is 4.74 Å². The highest BCUT2D eigenvalue weighted by Crippen LogP contribution is 2.40. The average molecular weight is 253 g/mol. The average Bonchev–Trinajstić information content (AvgIpc) is 3.02. The molecule has 0 N–H and O–H groups in total. The molecule has 1 amide bonds. The van der Waals surface area contributed by atoms with Crippen molar-refractivity contribution in [3.8, 4) is 0 Å². The fourth-order valence-corrected chi connectivity index (χ4v) is 2.82. The maximum Gasteiger partial charge on any atom is 0.410 e. The summed E-state index contributed by atoms with van der Waals surface area (Å²) in [5.41, 5.74) is -0.384. The molecule has 0 bridgehead atoms. The summed E-state index contributed by atoms with van der Waals surface area (Å²) in [6.45, 7) is 9.79. The summed E-state index contributed by atoms with van der Waals surface area (Å²) < 4.78 is 5.44. The zero-order chi connectivity index (χ0) is 13.3. The lowest BCUT2D eigenvalue weighted by Crippen LogP contribution is -2.45. The van der Waals surface area contributed by atoms with Crippen LogP contribution in [0.15, 0.2) is 0 Å². The molecule has 0 aromatic carbocycles. The normalized spacial score (nSPS) is 29.2. The Morgan fingerprint density at radius 2 is 1.94 bits per heavy atom. The Labute approximate surface area is 111 Å². The van der Waals surface area contributed by atoms with Gasteiger partial charge in [-0.2, -0.15) is 0 Å². The maximum atomic E-state index is 12.0. The van der Waals surface area contributed by atoms with E-state index in [0.29, 0.717) is 5.92 Å². The molecular formula is C15H27NO2. The van der Waals surface area contributed by atoms with Crippen LogP contribution in [0, 0.1) is 17.8 Å².